The summed E-state index contributed by atoms with van der Waals surface area (Å²) >= 11 is 0. The molecule has 1 heterocycles. The number of hydrogen-bond acceptors (Lipinski definition) is 3. The van der Waals surface area contributed by atoms with Crippen LogP contribution in [0.5, 0.6) is 0 Å². The fourth-order valence-electron chi connectivity index (χ4n) is 2.22. The third-order valence-corrected chi connectivity index (χ3v) is 3.38. The minimum absolute atomic E-state index is 0.0109. The summed E-state index contributed by atoms with van der Waals surface area (Å²) in [5.41, 5.74) is 2.80. The summed E-state index contributed by atoms with van der Waals surface area (Å²) in [5, 5.41) is 3.45. The highest BCUT2D eigenvalue weighted by molar-refractivity contribution is 5.95. The minimum atomic E-state index is 0.0109. The number of hydrogen-bond donors (Lipinski definition) is 1. The maximum atomic E-state index is 12.0. The second-order valence-corrected chi connectivity index (χ2v) is 5.56. The van der Waals surface area contributed by atoms with Crippen LogP contribution in [0.1, 0.15) is 28.6 Å². The molecular formula is C17H22N2O2. The van der Waals surface area contributed by atoms with Crippen molar-refractivity contribution in [2.24, 2.45) is 0 Å². The third-order valence-electron chi connectivity index (χ3n) is 3.38. The van der Waals surface area contributed by atoms with Gasteiger partial charge in [-0.1, -0.05) is 6.07 Å². The molecule has 0 saturated carbocycles. The molecule has 1 aromatic carbocycles. The van der Waals surface area contributed by atoms with Crippen LogP contribution in [0.15, 0.2) is 41.0 Å². The molecule has 0 spiro atoms. The zero-order valence-corrected chi connectivity index (χ0v) is 13.0. The second kappa shape index (κ2) is 6.48. The average Bonchev–Trinajstić information content (AvgIpc) is 2.93. The first kappa shape index (κ1) is 15.2. The van der Waals surface area contributed by atoms with Crippen molar-refractivity contribution in [1.82, 2.24) is 4.90 Å². The summed E-state index contributed by atoms with van der Waals surface area (Å²) in [5.74, 6) is 0.963. The van der Waals surface area contributed by atoms with Crippen molar-refractivity contribution in [3.05, 3.63) is 53.5 Å². The maximum Gasteiger partial charge on any atom is 0.253 e. The van der Waals surface area contributed by atoms with Crippen LogP contribution < -0.4 is 5.32 Å². The first-order valence-electron chi connectivity index (χ1n) is 7.08. The summed E-state index contributed by atoms with van der Waals surface area (Å²) in [6, 6.07) is 9.83. The largest absolute Gasteiger partial charge is 0.469 e. The van der Waals surface area contributed by atoms with Crippen LogP contribution in [-0.4, -0.2) is 30.9 Å². The molecule has 112 valence electrons. The van der Waals surface area contributed by atoms with Crippen LogP contribution in [0.25, 0.3) is 0 Å². The molecule has 0 aliphatic heterocycles. The zero-order chi connectivity index (χ0) is 15.4. The minimum Gasteiger partial charge on any atom is -0.469 e. The number of carbonyl (C=O) groups excluding carboxylic acids is 1. The fraction of sp³-hybridized carbons (Fsp3) is 0.353. The van der Waals surface area contributed by atoms with Gasteiger partial charge in [0, 0.05) is 37.8 Å². The first-order chi connectivity index (χ1) is 9.97. The number of anilines is 1. The second-order valence-electron chi connectivity index (χ2n) is 5.56. The lowest BCUT2D eigenvalue weighted by Gasteiger charge is -2.18. The van der Waals surface area contributed by atoms with Crippen molar-refractivity contribution in [2.45, 2.75) is 26.3 Å². The molecule has 2 aromatic rings. The van der Waals surface area contributed by atoms with Gasteiger partial charge in [0.05, 0.1) is 6.26 Å². The molecule has 21 heavy (non-hydrogen) atoms. The number of amides is 1. The van der Waals surface area contributed by atoms with Crippen LogP contribution in [0.3, 0.4) is 0 Å². The molecule has 0 aliphatic carbocycles. The van der Waals surface area contributed by atoms with E-state index in [9.17, 15) is 4.79 Å². The predicted octanol–water partition coefficient (Wildman–Crippen LogP) is 3.33. The number of benzene rings is 1. The summed E-state index contributed by atoms with van der Waals surface area (Å²) in [6.45, 7) is 4.13. The van der Waals surface area contributed by atoms with Crippen molar-refractivity contribution in [3.8, 4) is 0 Å². The molecule has 0 saturated heterocycles. The van der Waals surface area contributed by atoms with Crippen LogP contribution >= 0.6 is 0 Å². The quantitative estimate of drug-likeness (QED) is 0.917. The van der Waals surface area contributed by atoms with E-state index in [0.717, 1.165) is 23.4 Å². The Morgan fingerprint density at radius 1 is 1.33 bits per heavy atom. The van der Waals surface area contributed by atoms with E-state index in [-0.39, 0.29) is 11.9 Å². The molecule has 1 unspecified atom stereocenters. The van der Waals surface area contributed by atoms with Crippen molar-refractivity contribution >= 4 is 11.6 Å². The van der Waals surface area contributed by atoms with Crippen molar-refractivity contribution < 1.29 is 9.21 Å². The normalized spacial score (nSPS) is 12.0. The Kier molecular flexibility index (Phi) is 4.68. The Morgan fingerprint density at radius 3 is 2.71 bits per heavy atom. The van der Waals surface area contributed by atoms with Gasteiger partial charge in [-0.05, 0) is 43.7 Å². The third kappa shape index (κ3) is 3.88. The van der Waals surface area contributed by atoms with Crippen molar-refractivity contribution in [2.75, 3.05) is 19.4 Å². The molecule has 0 fully saturated rings. The molecule has 4 heteroatoms. The van der Waals surface area contributed by atoms with E-state index in [1.54, 1.807) is 25.3 Å². The first-order valence-corrected chi connectivity index (χ1v) is 7.08. The number of furan rings is 1. The SMILES string of the molecule is Cc1ccc(C(=O)N(C)C)cc1NC(C)Cc1ccco1. The lowest BCUT2D eigenvalue weighted by Crippen LogP contribution is -2.23. The Bertz CT molecular complexity index is 603. The van der Waals surface area contributed by atoms with Crippen LogP contribution in [-0.2, 0) is 6.42 Å². The van der Waals surface area contributed by atoms with Gasteiger partial charge in [0.25, 0.3) is 5.91 Å². The predicted molar refractivity (Wildman–Crippen MR) is 84.7 cm³/mol. The highest BCUT2D eigenvalue weighted by Crippen LogP contribution is 2.19. The van der Waals surface area contributed by atoms with Gasteiger partial charge in [0.2, 0.25) is 0 Å². The number of carbonyl (C=O) groups is 1. The van der Waals surface area contributed by atoms with Gasteiger partial charge >= 0.3 is 0 Å². The lowest BCUT2D eigenvalue weighted by molar-refractivity contribution is 0.0827. The summed E-state index contributed by atoms with van der Waals surface area (Å²) in [4.78, 5) is 13.6. The Morgan fingerprint density at radius 2 is 2.10 bits per heavy atom. The van der Waals surface area contributed by atoms with E-state index in [4.69, 9.17) is 4.42 Å². The molecule has 1 atom stereocenters. The van der Waals surface area contributed by atoms with E-state index >= 15 is 0 Å². The molecule has 1 N–H and O–H groups in total. The van der Waals surface area contributed by atoms with Crippen LogP contribution in [0.4, 0.5) is 5.69 Å². The maximum absolute atomic E-state index is 12.0. The van der Waals surface area contributed by atoms with Gasteiger partial charge in [0.15, 0.2) is 0 Å². The number of nitrogens with one attached hydrogen (secondary N) is 1. The van der Waals surface area contributed by atoms with Gasteiger partial charge in [-0.25, -0.2) is 0 Å². The van der Waals surface area contributed by atoms with Gasteiger partial charge in [-0.2, -0.15) is 0 Å². The van der Waals surface area contributed by atoms with E-state index < -0.39 is 0 Å². The van der Waals surface area contributed by atoms with Crippen LogP contribution in [0.2, 0.25) is 0 Å². The highest BCUT2D eigenvalue weighted by Gasteiger charge is 2.12. The molecule has 0 radical (unpaired) electrons. The van der Waals surface area contributed by atoms with Gasteiger partial charge in [-0.15, -0.1) is 0 Å². The van der Waals surface area contributed by atoms with E-state index in [0.29, 0.717) is 5.56 Å². The molecule has 4 nitrogen and oxygen atoms in total. The number of nitrogens with zero attached hydrogens (tertiary/aromatic N) is 1. The number of aryl methyl sites for hydroxylation is 1. The van der Waals surface area contributed by atoms with E-state index in [1.165, 1.54) is 0 Å². The van der Waals surface area contributed by atoms with Gasteiger partial charge < -0.3 is 14.6 Å². The monoisotopic (exact) mass is 286 g/mol. The summed E-state index contributed by atoms with van der Waals surface area (Å²) < 4.78 is 5.36. The fourth-order valence-corrected chi connectivity index (χ4v) is 2.22. The Balaban J connectivity index is 2.11. The lowest BCUT2D eigenvalue weighted by atomic mass is 10.1. The summed E-state index contributed by atoms with van der Waals surface area (Å²) in [7, 11) is 3.52. The molecule has 0 bridgehead atoms. The molecule has 0 aliphatic rings. The number of rotatable bonds is 5. The van der Waals surface area contributed by atoms with Gasteiger partial charge in [0.1, 0.15) is 5.76 Å². The molecule has 1 aromatic heterocycles. The highest BCUT2D eigenvalue weighted by atomic mass is 16.3. The van der Waals surface area contributed by atoms with E-state index in [2.05, 4.69) is 12.2 Å². The van der Waals surface area contributed by atoms with Crippen molar-refractivity contribution in [3.63, 3.8) is 0 Å². The summed E-state index contributed by atoms with van der Waals surface area (Å²) in [6.07, 6.45) is 2.49. The molecule has 2 rings (SSSR count). The van der Waals surface area contributed by atoms with Crippen LogP contribution in [0, 0.1) is 6.92 Å². The Hall–Kier alpha value is -2.23. The molecule has 1 amide bonds. The smallest absolute Gasteiger partial charge is 0.253 e. The zero-order valence-electron chi connectivity index (χ0n) is 13.0. The van der Waals surface area contributed by atoms with Gasteiger partial charge in [-0.3, -0.25) is 4.79 Å². The molecular weight excluding hydrogens is 264 g/mol. The van der Waals surface area contributed by atoms with Crippen molar-refractivity contribution in [1.29, 1.82) is 0 Å². The van der Waals surface area contributed by atoms with E-state index in [1.807, 2.05) is 37.3 Å². The topological polar surface area (TPSA) is 45.5 Å². The Labute approximate surface area is 125 Å². The standard InChI is InChI=1S/C17H22N2O2/c1-12-7-8-14(17(20)19(3)4)11-16(12)18-13(2)10-15-6-5-9-21-15/h5-9,11,13,18H,10H2,1-4H3. The average molecular weight is 286 g/mol.